The van der Waals surface area contributed by atoms with Gasteiger partial charge in [0.15, 0.2) is 5.60 Å². The zero-order valence-corrected chi connectivity index (χ0v) is 9.58. The largest absolute Gasteiger partial charge is 0.479 e. The van der Waals surface area contributed by atoms with Gasteiger partial charge in [0.2, 0.25) is 0 Å². The second-order valence-electron chi connectivity index (χ2n) is 4.28. The van der Waals surface area contributed by atoms with Crippen LogP contribution in [0.5, 0.6) is 0 Å². The summed E-state index contributed by atoms with van der Waals surface area (Å²) in [6.45, 7) is 4.33. The maximum absolute atomic E-state index is 11.2. The molecule has 0 atom stereocenters. The Morgan fingerprint density at radius 1 is 1.40 bits per heavy atom. The first-order valence-corrected chi connectivity index (χ1v) is 5.60. The van der Waals surface area contributed by atoms with Crippen molar-refractivity contribution in [2.24, 2.45) is 0 Å². The van der Waals surface area contributed by atoms with E-state index in [1.807, 2.05) is 19.9 Å². The molecule has 0 spiro atoms. The number of rotatable bonds is 4. The van der Waals surface area contributed by atoms with Crippen molar-refractivity contribution in [2.75, 3.05) is 6.61 Å². The smallest absolute Gasteiger partial charge is 0.335 e. The zero-order valence-electron chi connectivity index (χ0n) is 9.58. The summed E-state index contributed by atoms with van der Waals surface area (Å²) in [4.78, 5) is 11.2. The number of carbonyl (C=O) groups is 1. The summed E-state index contributed by atoms with van der Waals surface area (Å²) >= 11 is 0. The molecule has 0 aromatic rings. The van der Waals surface area contributed by atoms with Crippen LogP contribution in [0.25, 0.3) is 0 Å². The summed E-state index contributed by atoms with van der Waals surface area (Å²) in [5.74, 6) is -0.800. The first-order valence-electron chi connectivity index (χ1n) is 5.60. The van der Waals surface area contributed by atoms with E-state index in [9.17, 15) is 9.90 Å². The van der Waals surface area contributed by atoms with Crippen LogP contribution in [0.1, 0.15) is 46.0 Å². The van der Waals surface area contributed by atoms with Gasteiger partial charge < -0.3 is 9.84 Å². The third-order valence-electron chi connectivity index (χ3n) is 3.12. The van der Waals surface area contributed by atoms with Gasteiger partial charge >= 0.3 is 5.97 Å². The Morgan fingerprint density at radius 2 is 2.00 bits per heavy atom. The molecule has 1 fully saturated rings. The molecule has 0 aromatic carbocycles. The molecule has 0 unspecified atom stereocenters. The van der Waals surface area contributed by atoms with Crippen molar-refractivity contribution in [1.29, 1.82) is 0 Å². The lowest BCUT2D eigenvalue weighted by molar-refractivity contribution is -0.169. The Labute approximate surface area is 91.1 Å². The molecule has 3 nitrogen and oxygen atoms in total. The number of carboxylic acids is 1. The van der Waals surface area contributed by atoms with Gasteiger partial charge in [-0.15, -0.1) is 0 Å². The number of carboxylic acid groups (broad SMARTS) is 1. The van der Waals surface area contributed by atoms with Crippen molar-refractivity contribution in [2.45, 2.75) is 51.6 Å². The van der Waals surface area contributed by atoms with E-state index in [1.54, 1.807) is 0 Å². The fraction of sp³-hybridized carbons (Fsp3) is 0.750. The number of ether oxygens (including phenoxy) is 1. The molecule has 1 rings (SSSR count). The first kappa shape index (κ1) is 12.2. The lowest BCUT2D eigenvalue weighted by atomic mass is 9.84. The Morgan fingerprint density at radius 3 is 2.47 bits per heavy atom. The summed E-state index contributed by atoms with van der Waals surface area (Å²) in [5.41, 5.74) is 0.170. The molecule has 0 aromatic heterocycles. The number of aliphatic carboxylic acids is 1. The summed E-state index contributed by atoms with van der Waals surface area (Å²) < 4.78 is 5.62. The van der Waals surface area contributed by atoms with Crippen LogP contribution in [-0.2, 0) is 9.53 Å². The zero-order chi connectivity index (χ0) is 11.3. The van der Waals surface area contributed by atoms with Crippen LogP contribution in [0.2, 0.25) is 0 Å². The molecule has 0 bridgehead atoms. The van der Waals surface area contributed by atoms with Crippen LogP contribution in [0.15, 0.2) is 11.6 Å². The average Bonchev–Trinajstić information content (AvgIpc) is 2.27. The molecule has 0 amide bonds. The van der Waals surface area contributed by atoms with Gasteiger partial charge in [0.1, 0.15) is 0 Å². The molecular formula is C12H20O3. The quantitative estimate of drug-likeness (QED) is 0.729. The Hall–Kier alpha value is -0.830. The predicted molar refractivity (Wildman–Crippen MR) is 58.8 cm³/mol. The maximum atomic E-state index is 11.2. The second kappa shape index (κ2) is 5.31. The lowest BCUT2D eigenvalue weighted by Gasteiger charge is -2.33. The summed E-state index contributed by atoms with van der Waals surface area (Å²) in [6, 6.07) is 0. The van der Waals surface area contributed by atoms with E-state index in [0.717, 1.165) is 24.8 Å². The minimum atomic E-state index is -0.914. The molecule has 86 valence electrons. The number of allylic oxidation sites excluding steroid dienone is 1. The topological polar surface area (TPSA) is 46.5 Å². The molecule has 1 saturated carbocycles. The van der Waals surface area contributed by atoms with Crippen LogP contribution in [-0.4, -0.2) is 23.3 Å². The van der Waals surface area contributed by atoms with Gasteiger partial charge in [-0.2, -0.15) is 0 Å². The fourth-order valence-corrected chi connectivity index (χ4v) is 1.88. The average molecular weight is 212 g/mol. The van der Waals surface area contributed by atoms with Crippen LogP contribution in [0.4, 0.5) is 0 Å². The van der Waals surface area contributed by atoms with Crippen LogP contribution in [0.3, 0.4) is 0 Å². The minimum Gasteiger partial charge on any atom is -0.479 e. The third kappa shape index (κ3) is 3.06. The molecule has 1 aliphatic carbocycles. The highest BCUT2D eigenvalue weighted by Crippen LogP contribution is 2.32. The predicted octanol–water partition coefficient (Wildman–Crippen LogP) is 2.76. The highest BCUT2D eigenvalue weighted by molar-refractivity contribution is 5.77. The van der Waals surface area contributed by atoms with Crippen molar-refractivity contribution >= 4 is 5.97 Å². The SMILES string of the molecule is CC=C(C)COC1(C(=O)O)CCCCC1. The monoisotopic (exact) mass is 212 g/mol. The third-order valence-corrected chi connectivity index (χ3v) is 3.12. The van der Waals surface area contributed by atoms with E-state index in [-0.39, 0.29) is 0 Å². The van der Waals surface area contributed by atoms with Crippen molar-refractivity contribution in [1.82, 2.24) is 0 Å². The number of hydrogen-bond acceptors (Lipinski definition) is 2. The van der Waals surface area contributed by atoms with E-state index >= 15 is 0 Å². The standard InChI is InChI=1S/C12H20O3/c1-3-10(2)9-15-12(11(13)14)7-5-4-6-8-12/h3H,4-9H2,1-2H3,(H,13,14). The van der Waals surface area contributed by atoms with E-state index < -0.39 is 11.6 Å². The van der Waals surface area contributed by atoms with E-state index in [1.165, 1.54) is 0 Å². The Balaban J connectivity index is 2.61. The van der Waals surface area contributed by atoms with Crippen LogP contribution < -0.4 is 0 Å². The highest BCUT2D eigenvalue weighted by Gasteiger charge is 2.40. The van der Waals surface area contributed by atoms with E-state index in [0.29, 0.717) is 19.4 Å². The van der Waals surface area contributed by atoms with E-state index in [2.05, 4.69) is 0 Å². The molecule has 1 aliphatic rings. The lowest BCUT2D eigenvalue weighted by Crippen LogP contribution is -2.43. The molecule has 3 heteroatoms. The minimum absolute atomic E-state index is 0.433. The summed E-state index contributed by atoms with van der Waals surface area (Å²) in [6.07, 6.45) is 6.31. The van der Waals surface area contributed by atoms with Crippen molar-refractivity contribution in [3.8, 4) is 0 Å². The van der Waals surface area contributed by atoms with Crippen molar-refractivity contribution in [3.05, 3.63) is 11.6 Å². The second-order valence-corrected chi connectivity index (χ2v) is 4.28. The van der Waals surface area contributed by atoms with Crippen LogP contribution >= 0.6 is 0 Å². The first-order chi connectivity index (χ1) is 7.10. The molecule has 0 radical (unpaired) electrons. The Kier molecular flexibility index (Phi) is 4.33. The number of hydrogen-bond donors (Lipinski definition) is 1. The summed E-state index contributed by atoms with van der Waals surface area (Å²) in [7, 11) is 0. The van der Waals surface area contributed by atoms with Gasteiger partial charge in [0.05, 0.1) is 6.61 Å². The van der Waals surface area contributed by atoms with Gasteiger partial charge in [-0.05, 0) is 39.5 Å². The van der Waals surface area contributed by atoms with Crippen LogP contribution in [0, 0.1) is 0 Å². The molecule has 0 heterocycles. The normalized spacial score (nSPS) is 21.3. The van der Waals surface area contributed by atoms with Gasteiger partial charge in [-0.1, -0.05) is 18.1 Å². The van der Waals surface area contributed by atoms with E-state index in [4.69, 9.17) is 4.74 Å². The molecule has 0 saturated heterocycles. The van der Waals surface area contributed by atoms with Gasteiger partial charge in [0, 0.05) is 0 Å². The van der Waals surface area contributed by atoms with Crippen molar-refractivity contribution in [3.63, 3.8) is 0 Å². The molecule has 0 aliphatic heterocycles. The van der Waals surface area contributed by atoms with Gasteiger partial charge in [-0.3, -0.25) is 0 Å². The van der Waals surface area contributed by atoms with Gasteiger partial charge in [-0.25, -0.2) is 4.79 Å². The molecule has 15 heavy (non-hydrogen) atoms. The maximum Gasteiger partial charge on any atom is 0.335 e. The summed E-state index contributed by atoms with van der Waals surface area (Å²) in [5, 5.41) is 9.23. The molecular weight excluding hydrogens is 192 g/mol. The Bertz CT molecular complexity index is 250. The fourth-order valence-electron chi connectivity index (χ4n) is 1.88. The van der Waals surface area contributed by atoms with Crippen molar-refractivity contribution < 1.29 is 14.6 Å². The highest BCUT2D eigenvalue weighted by atomic mass is 16.5. The molecule has 1 N–H and O–H groups in total. The van der Waals surface area contributed by atoms with Gasteiger partial charge in [0.25, 0.3) is 0 Å².